The second-order valence-electron chi connectivity index (χ2n) is 9.69. The summed E-state index contributed by atoms with van der Waals surface area (Å²) in [6.45, 7) is 10.6. The second kappa shape index (κ2) is 10.8. The van der Waals surface area contributed by atoms with E-state index in [0.717, 1.165) is 12.0 Å². The molecule has 0 bridgehead atoms. The lowest BCUT2D eigenvalue weighted by Crippen LogP contribution is -2.59. The van der Waals surface area contributed by atoms with Crippen LogP contribution in [0.25, 0.3) is 0 Å². The largest absolute Gasteiger partial charge is 0.354 e. The predicted octanol–water partition coefficient (Wildman–Crippen LogP) is 1.72. The van der Waals surface area contributed by atoms with Crippen LogP contribution in [0.4, 0.5) is 0 Å². The fourth-order valence-electron chi connectivity index (χ4n) is 3.84. The van der Waals surface area contributed by atoms with Gasteiger partial charge in [0.25, 0.3) is 0 Å². The number of rotatable bonds is 8. The van der Waals surface area contributed by atoms with Gasteiger partial charge in [-0.2, -0.15) is 0 Å². The first kappa shape index (κ1) is 24.9. The van der Waals surface area contributed by atoms with Crippen LogP contribution < -0.4 is 16.0 Å². The minimum absolute atomic E-state index is 0.129. The normalized spacial score (nSPS) is 20.8. The number of benzene rings is 1. The molecule has 2 rings (SSSR count). The van der Waals surface area contributed by atoms with Crippen LogP contribution >= 0.6 is 0 Å². The standard InChI is InChI=1S/C24H38N4O3/c1-16-14-19(22(30)26-13-12-18-10-8-7-9-11-18)28(15-16)23(31)20(24(3,4)5)27-21(29)17(2)25-6/h7-11,16-17,19-20,25H,12-15H2,1-6H3,(H,26,30)(H,27,29)/t16-,17-,19-,20+/m0/s1. The highest BCUT2D eigenvalue weighted by Crippen LogP contribution is 2.28. The van der Waals surface area contributed by atoms with E-state index >= 15 is 0 Å². The topological polar surface area (TPSA) is 90.5 Å². The first-order chi connectivity index (χ1) is 14.5. The molecule has 1 heterocycles. The number of carbonyl (C=O) groups excluding carboxylic acids is 3. The highest BCUT2D eigenvalue weighted by atomic mass is 16.2. The van der Waals surface area contributed by atoms with Crippen molar-refractivity contribution >= 4 is 17.7 Å². The number of carbonyl (C=O) groups is 3. The lowest BCUT2D eigenvalue weighted by molar-refractivity contribution is -0.144. The van der Waals surface area contributed by atoms with E-state index in [9.17, 15) is 14.4 Å². The lowest BCUT2D eigenvalue weighted by Gasteiger charge is -2.36. The first-order valence-electron chi connectivity index (χ1n) is 11.1. The molecule has 0 unspecified atom stereocenters. The molecule has 31 heavy (non-hydrogen) atoms. The van der Waals surface area contributed by atoms with Gasteiger partial charge in [-0.3, -0.25) is 14.4 Å². The number of likely N-dealkylation sites (tertiary alicyclic amines) is 1. The van der Waals surface area contributed by atoms with Gasteiger partial charge in [-0.15, -0.1) is 0 Å². The molecule has 0 saturated carbocycles. The average Bonchev–Trinajstić information content (AvgIpc) is 3.12. The monoisotopic (exact) mass is 430 g/mol. The summed E-state index contributed by atoms with van der Waals surface area (Å²) in [7, 11) is 1.70. The highest BCUT2D eigenvalue weighted by molar-refractivity contribution is 5.94. The van der Waals surface area contributed by atoms with E-state index in [1.165, 1.54) is 0 Å². The van der Waals surface area contributed by atoms with Gasteiger partial charge < -0.3 is 20.9 Å². The van der Waals surface area contributed by atoms with Crippen LogP contribution in [0.2, 0.25) is 0 Å². The van der Waals surface area contributed by atoms with Crippen LogP contribution in [0, 0.1) is 11.3 Å². The molecule has 0 aromatic heterocycles. The van der Waals surface area contributed by atoms with Gasteiger partial charge in [0, 0.05) is 13.1 Å². The Labute approximate surface area is 186 Å². The third kappa shape index (κ3) is 6.79. The molecule has 4 atom stereocenters. The van der Waals surface area contributed by atoms with Crippen molar-refractivity contribution in [3.8, 4) is 0 Å². The van der Waals surface area contributed by atoms with Crippen molar-refractivity contribution < 1.29 is 14.4 Å². The fraction of sp³-hybridized carbons (Fsp3) is 0.625. The Morgan fingerprint density at radius 3 is 2.39 bits per heavy atom. The third-order valence-corrected chi connectivity index (χ3v) is 5.88. The van der Waals surface area contributed by atoms with Crippen LogP contribution in [-0.2, 0) is 20.8 Å². The maximum Gasteiger partial charge on any atom is 0.246 e. The lowest BCUT2D eigenvalue weighted by atomic mass is 9.85. The van der Waals surface area contributed by atoms with E-state index in [1.54, 1.807) is 18.9 Å². The Bertz CT molecular complexity index is 760. The maximum absolute atomic E-state index is 13.5. The number of nitrogens with zero attached hydrogens (tertiary/aromatic N) is 1. The van der Waals surface area contributed by atoms with Crippen LogP contribution in [0.15, 0.2) is 30.3 Å². The number of nitrogens with one attached hydrogen (secondary N) is 3. The molecule has 1 aliphatic heterocycles. The summed E-state index contributed by atoms with van der Waals surface area (Å²) in [6.07, 6.45) is 1.37. The second-order valence-corrected chi connectivity index (χ2v) is 9.69. The molecule has 3 N–H and O–H groups in total. The first-order valence-corrected chi connectivity index (χ1v) is 11.1. The number of likely N-dealkylation sites (N-methyl/N-ethyl adjacent to an activating group) is 1. The molecule has 1 aromatic carbocycles. The molecule has 1 saturated heterocycles. The zero-order chi connectivity index (χ0) is 23.2. The molecule has 1 fully saturated rings. The van der Waals surface area contributed by atoms with Crippen molar-refractivity contribution in [2.45, 2.75) is 65.6 Å². The molecule has 0 aliphatic carbocycles. The predicted molar refractivity (Wildman–Crippen MR) is 122 cm³/mol. The highest BCUT2D eigenvalue weighted by Gasteiger charge is 2.43. The van der Waals surface area contributed by atoms with Crippen LogP contribution in [0.1, 0.15) is 46.6 Å². The molecule has 0 radical (unpaired) electrons. The van der Waals surface area contributed by atoms with Crippen molar-refractivity contribution in [1.82, 2.24) is 20.9 Å². The van der Waals surface area contributed by atoms with Crippen LogP contribution in [-0.4, -0.2) is 60.9 Å². The Hall–Kier alpha value is -2.41. The van der Waals surface area contributed by atoms with E-state index in [0.29, 0.717) is 19.5 Å². The van der Waals surface area contributed by atoms with Crippen molar-refractivity contribution in [3.05, 3.63) is 35.9 Å². The molecular formula is C24H38N4O3. The SMILES string of the molecule is CN[C@@H](C)C(=O)N[C@H](C(=O)N1C[C@@H](C)C[C@H]1C(=O)NCCc1ccccc1)C(C)(C)C. The average molecular weight is 431 g/mol. The zero-order valence-corrected chi connectivity index (χ0v) is 19.7. The van der Waals surface area contributed by atoms with Gasteiger partial charge in [-0.25, -0.2) is 0 Å². The van der Waals surface area contributed by atoms with Crippen molar-refractivity contribution in [1.29, 1.82) is 0 Å². The quantitative estimate of drug-likeness (QED) is 0.586. The Morgan fingerprint density at radius 1 is 1.16 bits per heavy atom. The van der Waals surface area contributed by atoms with E-state index in [4.69, 9.17) is 0 Å². The molecule has 172 valence electrons. The minimum atomic E-state index is -0.708. The van der Waals surface area contributed by atoms with Gasteiger partial charge in [0.05, 0.1) is 6.04 Å². The molecule has 1 aromatic rings. The van der Waals surface area contributed by atoms with Crippen LogP contribution in [0.5, 0.6) is 0 Å². The summed E-state index contributed by atoms with van der Waals surface area (Å²) in [6, 6.07) is 8.35. The summed E-state index contributed by atoms with van der Waals surface area (Å²) >= 11 is 0. The van der Waals surface area contributed by atoms with Crippen molar-refractivity contribution in [2.24, 2.45) is 11.3 Å². The molecular weight excluding hydrogens is 392 g/mol. The van der Waals surface area contributed by atoms with Gasteiger partial charge in [0.2, 0.25) is 17.7 Å². The summed E-state index contributed by atoms with van der Waals surface area (Å²) in [5.74, 6) is -0.332. The van der Waals surface area contributed by atoms with Gasteiger partial charge in [-0.05, 0) is 43.7 Å². The molecule has 0 spiro atoms. The number of hydrogen-bond donors (Lipinski definition) is 3. The third-order valence-electron chi connectivity index (χ3n) is 5.88. The van der Waals surface area contributed by atoms with Gasteiger partial charge in [-0.1, -0.05) is 58.0 Å². The Morgan fingerprint density at radius 2 is 1.81 bits per heavy atom. The van der Waals surface area contributed by atoms with E-state index in [-0.39, 0.29) is 23.6 Å². The van der Waals surface area contributed by atoms with Gasteiger partial charge >= 0.3 is 0 Å². The molecule has 3 amide bonds. The summed E-state index contributed by atoms with van der Waals surface area (Å²) in [5, 5.41) is 8.79. The molecule has 7 heteroatoms. The number of amides is 3. The van der Waals surface area contributed by atoms with Gasteiger partial charge in [0.1, 0.15) is 12.1 Å². The number of hydrogen-bond acceptors (Lipinski definition) is 4. The smallest absolute Gasteiger partial charge is 0.246 e. The minimum Gasteiger partial charge on any atom is -0.354 e. The van der Waals surface area contributed by atoms with E-state index in [1.807, 2.05) is 58.0 Å². The van der Waals surface area contributed by atoms with Crippen LogP contribution in [0.3, 0.4) is 0 Å². The summed E-state index contributed by atoms with van der Waals surface area (Å²) in [4.78, 5) is 40.6. The molecule has 1 aliphatic rings. The Balaban J connectivity index is 2.08. The fourth-order valence-corrected chi connectivity index (χ4v) is 3.84. The van der Waals surface area contributed by atoms with E-state index < -0.39 is 23.5 Å². The van der Waals surface area contributed by atoms with Crippen molar-refractivity contribution in [2.75, 3.05) is 20.1 Å². The summed E-state index contributed by atoms with van der Waals surface area (Å²) < 4.78 is 0. The van der Waals surface area contributed by atoms with E-state index in [2.05, 4.69) is 16.0 Å². The summed E-state index contributed by atoms with van der Waals surface area (Å²) in [5.41, 5.74) is 0.671. The van der Waals surface area contributed by atoms with Crippen molar-refractivity contribution in [3.63, 3.8) is 0 Å². The Kier molecular flexibility index (Phi) is 8.62. The molecule has 7 nitrogen and oxygen atoms in total. The maximum atomic E-state index is 13.5. The zero-order valence-electron chi connectivity index (χ0n) is 19.7. The van der Waals surface area contributed by atoms with Gasteiger partial charge in [0.15, 0.2) is 0 Å².